The van der Waals surface area contributed by atoms with Crippen LogP contribution in [0.1, 0.15) is 17.0 Å². The molecule has 2 heterocycles. The summed E-state index contributed by atoms with van der Waals surface area (Å²) in [5.41, 5.74) is -0.531. The first kappa shape index (κ1) is 20.1. The summed E-state index contributed by atoms with van der Waals surface area (Å²) in [7, 11) is -4.29. The maximum Gasteiger partial charge on any atom is 0.417 e. The van der Waals surface area contributed by atoms with Crippen molar-refractivity contribution in [2.75, 3.05) is 26.2 Å². The Hall–Kier alpha value is -1.62. The molecule has 27 heavy (non-hydrogen) atoms. The molecule has 0 spiro atoms. The zero-order valence-electron chi connectivity index (χ0n) is 14.3. The molecule has 6 nitrogen and oxygen atoms in total. The van der Waals surface area contributed by atoms with E-state index in [4.69, 9.17) is 16.1 Å². The van der Waals surface area contributed by atoms with Gasteiger partial charge in [0.25, 0.3) is 0 Å². The molecule has 1 saturated heterocycles. The number of sulfonamides is 1. The summed E-state index contributed by atoms with van der Waals surface area (Å²) in [5.74, 6) is 0.675. The average molecular weight is 424 g/mol. The molecule has 148 valence electrons. The number of piperazine rings is 1. The highest BCUT2D eigenvalue weighted by Crippen LogP contribution is 2.37. The van der Waals surface area contributed by atoms with Crippen LogP contribution in [-0.4, -0.2) is 49.0 Å². The predicted molar refractivity (Wildman–Crippen MR) is 91.7 cm³/mol. The van der Waals surface area contributed by atoms with Crippen LogP contribution in [0.25, 0.3) is 0 Å². The predicted octanol–water partition coefficient (Wildman–Crippen LogP) is 3.16. The van der Waals surface area contributed by atoms with Gasteiger partial charge in [0, 0.05) is 43.8 Å². The Bertz CT molecular complexity index is 922. The number of aromatic nitrogens is 1. The van der Waals surface area contributed by atoms with Crippen LogP contribution in [0.2, 0.25) is 5.02 Å². The Morgan fingerprint density at radius 2 is 1.85 bits per heavy atom. The lowest BCUT2D eigenvalue weighted by molar-refractivity contribution is -0.139. The smallest absolute Gasteiger partial charge is 0.361 e. The molecule has 1 aromatic carbocycles. The van der Waals surface area contributed by atoms with Crippen molar-refractivity contribution in [1.29, 1.82) is 0 Å². The Morgan fingerprint density at radius 1 is 1.19 bits per heavy atom. The first-order valence-electron chi connectivity index (χ1n) is 8.09. The highest BCUT2D eigenvalue weighted by Gasteiger charge is 2.40. The Labute approximate surface area is 159 Å². The van der Waals surface area contributed by atoms with Gasteiger partial charge in [-0.25, -0.2) is 8.42 Å². The number of aryl methyl sites for hydroxylation is 1. The van der Waals surface area contributed by atoms with Gasteiger partial charge in [-0.15, -0.1) is 0 Å². The molecule has 2 aromatic rings. The van der Waals surface area contributed by atoms with Gasteiger partial charge in [0.1, 0.15) is 5.76 Å². The quantitative estimate of drug-likeness (QED) is 0.755. The van der Waals surface area contributed by atoms with Crippen molar-refractivity contribution in [2.24, 2.45) is 0 Å². The van der Waals surface area contributed by atoms with Gasteiger partial charge >= 0.3 is 6.18 Å². The number of halogens is 4. The van der Waals surface area contributed by atoms with Gasteiger partial charge in [0.2, 0.25) is 10.0 Å². The van der Waals surface area contributed by atoms with Crippen LogP contribution >= 0.6 is 11.6 Å². The number of hydrogen-bond donors (Lipinski definition) is 0. The Balaban J connectivity index is 1.76. The van der Waals surface area contributed by atoms with E-state index in [1.54, 1.807) is 13.0 Å². The van der Waals surface area contributed by atoms with Crippen LogP contribution in [-0.2, 0) is 22.7 Å². The van der Waals surface area contributed by atoms with Gasteiger partial charge < -0.3 is 4.52 Å². The molecule has 1 aliphatic heterocycles. The lowest BCUT2D eigenvalue weighted by atomic mass is 10.2. The maximum atomic E-state index is 13.3. The SMILES string of the molecule is Cc1cc(CN2CCN(S(=O)(=O)c3ccc(Cl)cc3C(F)(F)F)CC2)no1. The lowest BCUT2D eigenvalue weighted by Crippen LogP contribution is -2.48. The molecule has 0 unspecified atom stereocenters. The van der Waals surface area contributed by atoms with Crippen LogP contribution in [0.3, 0.4) is 0 Å². The zero-order valence-corrected chi connectivity index (χ0v) is 15.9. The molecular weight excluding hydrogens is 407 g/mol. The summed E-state index contributed by atoms with van der Waals surface area (Å²) < 4.78 is 71.4. The fourth-order valence-electron chi connectivity index (χ4n) is 2.94. The summed E-state index contributed by atoms with van der Waals surface area (Å²) in [6, 6.07) is 4.47. The highest BCUT2D eigenvalue weighted by atomic mass is 35.5. The molecule has 0 aliphatic carbocycles. The first-order valence-corrected chi connectivity index (χ1v) is 9.90. The normalized spacial score (nSPS) is 17.4. The summed E-state index contributed by atoms with van der Waals surface area (Å²) in [5, 5.41) is 3.71. The van der Waals surface area contributed by atoms with Gasteiger partial charge in [-0.1, -0.05) is 16.8 Å². The molecule has 1 fully saturated rings. The molecule has 0 saturated carbocycles. The maximum absolute atomic E-state index is 13.3. The van der Waals surface area contributed by atoms with E-state index in [2.05, 4.69) is 5.16 Å². The number of hydrogen-bond acceptors (Lipinski definition) is 5. The van der Waals surface area contributed by atoms with Crippen LogP contribution in [0, 0.1) is 6.92 Å². The molecule has 0 radical (unpaired) electrons. The minimum atomic E-state index is -4.82. The van der Waals surface area contributed by atoms with Crippen molar-refractivity contribution in [3.8, 4) is 0 Å². The van der Waals surface area contributed by atoms with Crippen LogP contribution in [0.15, 0.2) is 33.7 Å². The summed E-state index contributed by atoms with van der Waals surface area (Å²) in [6.45, 7) is 3.17. The third-order valence-corrected chi connectivity index (χ3v) is 6.45. The van der Waals surface area contributed by atoms with E-state index in [1.165, 1.54) is 0 Å². The average Bonchev–Trinajstić information content (AvgIpc) is 2.99. The molecule has 1 aliphatic rings. The Kier molecular flexibility index (Phi) is 5.53. The van der Waals surface area contributed by atoms with E-state index in [-0.39, 0.29) is 18.1 Å². The van der Waals surface area contributed by atoms with Crippen molar-refractivity contribution in [2.45, 2.75) is 24.5 Å². The van der Waals surface area contributed by atoms with Crippen molar-refractivity contribution < 1.29 is 26.1 Å². The minimum absolute atomic E-state index is 0.0824. The molecular formula is C16H17ClF3N3O3S. The van der Waals surface area contributed by atoms with E-state index in [1.807, 2.05) is 4.90 Å². The topological polar surface area (TPSA) is 66.7 Å². The Morgan fingerprint density at radius 3 is 2.41 bits per heavy atom. The molecule has 0 N–H and O–H groups in total. The number of rotatable bonds is 4. The first-order chi connectivity index (χ1) is 12.6. The number of benzene rings is 1. The monoisotopic (exact) mass is 423 g/mol. The van der Waals surface area contributed by atoms with Crippen molar-refractivity contribution in [1.82, 2.24) is 14.4 Å². The number of alkyl halides is 3. The molecule has 11 heteroatoms. The van der Waals surface area contributed by atoms with Gasteiger partial charge in [-0.05, 0) is 25.1 Å². The van der Waals surface area contributed by atoms with E-state index in [0.29, 0.717) is 31.5 Å². The second-order valence-corrected chi connectivity index (χ2v) is 8.59. The third kappa shape index (κ3) is 4.45. The van der Waals surface area contributed by atoms with Crippen molar-refractivity contribution in [3.63, 3.8) is 0 Å². The van der Waals surface area contributed by atoms with E-state index in [0.717, 1.165) is 22.1 Å². The van der Waals surface area contributed by atoms with Crippen molar-refractivity contribution >= 4 is 21.6 Å². The van der Waals surface area contributed by atoms with Gasteiger partial charge in [0.15, 0.2) is 0 Å². The van der Waals surface area contributed by atoms with Crippen molar-refractivity contribution in [3.05, 3.63) is 46.3 Å². The molecule has 0 atom stereocenters. The highest BCUT2D eigenvalue weighted by molar-refractivity contribution is 7.89. The second-order valence-electron chi connectivity index (χ2n) is 6.25. The molecule has 1 aromatic heterocycles. The van der Waals surface area contributed by atoms with Gasteiger partial charge in [-0.3, -0.25) is 4.90 Å². The summed E-state index contributed by atoms with van der Waals surface area (Å²) >= 11 is 5.63. The van der Waals surface area contributed by atoms with Crippen LogP contribution < -0.4 is 0 Å². The lowest BCUT2D eigenvalue weighted by Gasteiger charge is -2.33. The molecule has 0 amide bonds. The summed E-state index contributed by atoms with van der Waals surface area (Å²) in [6.07, 6.45) is -4.82. The minimum Gasteiger partial charge on any atom is -0.361 e. The van der Waals surface area contributed by atoms with E-state index < -0.39 is 26.7 Å². The van der Waals surface area contributed by atoms with Crippen LogP contribution in [0.5, 0.6) is 0 Å². The summed E-state index contributed by atoms with van der Waals surface area (Å²) in [4.78, 5) is 1.19. The van der Waals surface area contributed by atoms with Gasteiger partial charge in [0.05, 0.1) is 16.2 Å². The third-order valence-electron chi connectivity index (χ3n) is 4.26. The largest absolute Gasteiger partial charge is 0.417 e. The standard InChI is InChI=1S/C16H17ClF3N3O3S/c1-11-8-13(21-26-11)10-22-4-6-23(7-5-22)27(24,25)15-3-2-12(17)9-14(15)16(18,19)20/h2-3,8-9H,4-7,10H2,1H3. The number of nitrogens with zero attached hydrogens (tertiary/aromatic N) is 3. The van der Waals surface area contributed by atoms with Crippen LogP contribution in [0.4, 0.5) is 13.2 Å². The van der Waals surface area contributed by atoms with Gasteiger partial charge in [-0.2, -0.15) is 17.5 Å². The molecule has 3 rings (SSSR count). The zero-order chi connectivity index (χ0) is 19.8. The second kappa shape index (κ2) is 7.42. The fourth-order valence-corrected chi connectivity index (χ4v) is 4.72. The fraction of sp³-hybridized carbons (Fsp3) is 0.438. The molecule has 0 bridgehead atoms. The van der Waals surface area contributed by atoms with E-state index in [9.17, 15) is 21.6 Å². The van der Waals surface area contributed by atoms with E-state index >= 15 is 0 Å².